The van der Waals surface area contributed by atoms with Crippen molar-refractivity contribution in [2.75, 3.05) is 32.7 Å². The Morgan fingerprint density at radius 2 is 1.62 bits per heavy atom. The first-order valence-electron chi connectivity index (χ1n) is 6.62. The summed E-state index contributed by atoms with van der Waals surface area (Å²) in [5.41, 5.74) is 0. The van der Waals surface area contributed by atoms with Crippen molar-refractivity contribution < 1.29 is 5.11 Å². The molecule has 3 nitrogen and oxygen atoms in total. The Balaban J connectivity index is 3.61. The Morgan fingerprint density at radius 1 is 1.06 bits per heavy atom. The second kappa shape index (κ2) is 8.97. The maximum atomic E-state index is 9.83. The third-order valence-corrected chi connectivity index (χ3v) is 3.35. The molecule has 0 aliphatic rings. The first kappa shape index (κ1) is 15.9. The van der Waals surface area contributed by atoms with E-state index in [1.807, 2.05) is 0 Å². The molecular weight excluding hydrogens is 200 g/mol. The number of rotatable bonds is 9. The summed E-state index contributed by atoms with van der Waals surface area (Å²) in [5, 5.41) is 13.2. The third-order valence-electron chi connectivity index (χ3n) is 3.35. The standard InChI is InChI=1S/C13H30N2O/c1-6-15(7-2)10-13(16)9-14-8-12(5)11(3)4/h11-14,16H,6-10H2,1-5H3. The Morgan fingerprint density at radius 3 is 2.06 bits per heavy atom. The molecule has 0 aromatic heterocycles. The van der Waals surface area contributed by atoms with E-state index in [1.54, 1.807) is 0 Å². The van der Waals surface area contributed by atoms with Crippen molar-refractivity contribution in [3.63, 3.8) is 0 Å². The smallest absolute Gasteiger partial charge is 0.0791 e. The average Bonchev–Trinajstić information content (AvgIpc) is 2.25. The molecule has 2 N–H and O–H groups in total. The fourth-order valence-corrected chi connectivity index (χ4v) is 1.56. The lowest BCUT2D eigenvalue weighted by atomic mass is 9.98. The van der Waals surface area contributed by atoms with Gasteiger partial charge >= 0.3 is 0 Å². The summed E-state index contributed by atoms with van der Waals surface area (Å²) in [6, 6.07) is 0. The average molecular weight is 230 g/mol. The van der Waals surface area contributed by atoms with E-state index in [4.69, 9.17) is 0 Å². The van der Waals surface area contributed by atoms with Crippen LogP contribution in [0.2, 0.25) is 0 Å². The van der Waals surface area contributed by atoms with E-state index in [9.17, 15) is 5.11 Å². The molecule has 0 fully saturated rings. The molecule has 0 heterocycles. The zero-order chi connectivity index (χ0) is 12.6. The highest BCUT2D eigenvalue weighted by Gasteiger charge is 2.10. The van der Waals surface area contributed by atoms with Gasteiger partial charge in [0.15, 0.2) is 0 Å². The summed E-state index contributed by atoms with van der Waals surface area (Å²) >= 11 is 0. The van der Waals surface area contributed by atoms with E-state index in [2.05, 4.69) is 44.8 Å². The Bertz CT molecular complexity index is 158. The number of hydrogen-bond donors (Lipinski definition) is 2. The second-order valence-corrected chi connectivity index (χ2v) is 5.02. The molecule has 0 aliphatic carbocycles. The predicted octanol–water partition coefficient (Wildman–Crippen LogP) is 1.57. The topological polar surface area (TPSA) is 35.5 Å². The highest BCUT2D eigenvalue weighted by Crippen LogP contribution is 2.07. The SMILES string of the molecule is CCN(CC)CC(O)CNCC(C)C(C)C. The van der Waals surface area contributed by atoms with Crippen molar-refractivity contribution >= 4 is 0 Å². The van der Waals surface area contributed by atoms with E-state index in [0.29, 0.717) is 18.4 Å². The van der Waals surface area contributed by atoms with Crippen molar-refractivity contribution in [1.29, 1.82) is 0 Å². The van der Waals surface area contributed by atoms with Gasteiger partial charge in [0.05, 0.1) is 6.10 Å². The molecule has 3 heteroatoms. The molecule has 2 atom stereocenters. The summed E-state index contributed by atoms with van der Waals surface area (Å²) in [7, 11) is 0. The van der Waals surface area contributed by atoms with Crippen LogP contribution in [0.15, 0.2) is 0 Å². The lowest BCUT2D eigenvalue weighted by Crippen LogP contribution is -2.39. The van der Waals surface area contributed by atoms with Crippen molar-refractivity contribution in [2.24, 2.45) is 11.8 Å². The van der Waals surface area contributed by atoms with Crippen LogP contribution in [0.25, 0.3) is 0 Å². The Labute approximate surface area is 101 Å². The van der Waals surface area contributed by atoms with E-state index < -0.39 is 0 Å². The molecule has 0 aromatic rings. The van der Waals surface area contributed by atoms with Crippen molar-refractivity contribution in [2.45, 2.75) is 40.7 Å². The van der Waals surface area contributed by atoms with Crippen LogP contribution in [0.1, 0.15) is 34.6 Å². The zero-order valence-corrected chi connectivity index (χ0v) is 11.7. The van der Waals surface area contributed by atoms with E-state index in [1.165, 1.54) is 0 Å². The Kier molecular flexibility index (Phi) is 8.90. The fraction of sp³-hybridized carbons (Fsp3) is 1.00. The van der Waals surface area contributed by atoms with Gasteiger partial charge in [-0.15, -0.1) is 0 Å². The molecule has 98 valence electrons. The monoisotopic (exact) mass is 230 g/mol. The second-order valence-electron chi connectivity index (χ2n) is 5.02. The minimum atomic E-state index is -0.251. The molecule has 0 amide bonds. The van der Waals surface area contributed by atoms with Gasteiger partial charge in [0.25, 0.3) is 0 Å². The zero-order valence-electron chi connectivity index (χ0n) is 11.7. The molecule has 0 saturated heterocycles. The van der Waals surface area contributed by atoms with Gasteiger partial charge in [-0.2, -0.15) is 0 Å². The van der Waals surface area contributed by atoms with Gasteiger partial charge in [-0.25, -0.2) is 0 Å². The van der Waals surface area contributed by atoms with Gasteiger partial charge < -0.3 is 15.3 Å². The summed E-state index contributed by atoms with van der Waals surface area (Å²) in [6.45, 7) is 15.5. The maximum absolute atomic E-state index is 9.83. The maximum Gasteiger partial charge on any atom is 0.0791 e. The van der Waals surface area contributed by atoms with Gasteiger partial charge in [0, 0.05) is 13.1 Å². The number of aliphatic hydroxyl groups is 1. The highest BCUT2D eigenvalue weighted by molar-refractivity contribution is 4.67. The molecule has 0 spiro atoms. The summed E-state index contributed by atoms with van der Waals surface area (Å²) in [5.74, 6) is 1.37. The highest BCUT2D eigenvalue weighted by atomic mass is 16.3. The molecule has 2 unspecified atom stereocenters. The third kappa shape index (κ3) is 7.20. The summed E-state index contributed by atoms with van der Waals surface area (Å²) in [4.78, 5) is 2.25. The molecule has 0 radical (unpaired) electrons. The van der Waals surface area contributed by atoms with Gasteiger partial charge in [0.1, 0.15) is 0 Å². The number of nitrogens with zero attached hydrogens (tertiary/aromatic N) is 1. The molecule has 16 heavy (non-hydrogen) atoms. The molecule has 0 bridgehead atoms. The minimum Gasteiger partial charge on any atom is -0.390 e. The normalized spacial score (nSPS) is 15.8. The quantitative estimate of drug-likeness (QED) is 0.631. The van der Waals surface area contributed by atoms with Gasteiger partial charge in [-0.3, -0.25) is 0 Å². The molecule has 0 aromatic carbocycles. The number of hydrogen-bond acceptors (Lipinski definition) is 3. The van der Waals surface area contributed by atoms with Crippen molar-refractivity contribution in [1.82, 2.24) is 10.2 Å². The molecular formula is C13H30N2O. The van der Waals surface area contributed by atoms with Crippen LogP contribution in [0, 0.1) is 11.8 Å². The van der Waals surface area contributed by atoms with Crippen LogP contribution in [-0.4, -0.2) is 48.8 Å². The Hall–Kier alpha value is -0.120. The number of likely N-dealkylation sites (N-methyl/N-ethyl adjacent to an activating group) is 1. The minimum absolute atomic E-state index is 0.251. The van der Waals surface area contributed by atoms with E-state index >= 15 is 0 Å². The van der Waals surface area contributed by atoms with Crippen LogP contribution in [0.5, 0.6) is 0 Å². The van der Waals surface area contributed by atoms with Gasteiger partial charge in [0.2, 0.25) is 0 Å². The largest absolute Gasteiger partial charge is 0.390 e. The number of nitrogens with one attached hydrogen (secondary N) is 1. The summed E-state index contributed by atoms with van der Waals surface area (Å²) < 4.78 is 0. The van der Waals surface area contributed by atoms with Crippen LogP contribution in [0.4, 0.5) is 0 Å². The van der Waals surface area contributed by atoms with Crippen molar-refractivity contribution in [3.05, 3.63) is 0 Å². The molecule has 0 rings (SSSR count). The van der Waals surface area contributed by atoms with Crippen LogP contribution in [0.3, 0.4) is 0 Å². The lowest BCUT2D eigenvalue weighted by Gasteiger charge is -2.23. The van der Waals surface area contributed by atoms with Gasteiger partial charge in [-0.05, 0) is 31.5 Å². The molecule has 0 aliphatic heterocycles. The predicted molar refractivity (Wildman–Crippen MR) is 70.7 cm³/mol. The van der Waals surface area contributed by atoms with Crippen LogP contribution < -0.4 is 5.32 Å². The van der Waals surface area contributed by atoms with Crippen LogP contribution >= 0.6 is 0 Å². The first-order valence-corrected chi connectivity index (χ1v) is 6.62. The molecule has 0 saturated carbocycles. The van der Waals surface area contributed by atoms with Crippen LogP contribution in [-0.2, 0) is 0 Å². The number of aliphatic hydroxyl groups excluding tert-OH is 1. The van der Waals surface area contributed by atoms with Gasteiger partial charge in [-0.1, -0.05) is 34.6 Å². The van der Waals surface area contributed by atoms with Crippen molar-refractivity contribution in [3.8, 4) is 0 Å². The summed E-state index contributed by atoms with van der Waals surface area (Å²) in [6.07, 6.45) is -0.251. The van der Waals surface area contributed by atoms with E-state index in [-0.39, 0.29) is 6.10 Å². The first-order chi connectivity index (χ1) is 7.51. The fourth-order valence-electron chi connectivity index (χ4n) is 1.56. The lowest BCUT2D eigenvalue weighted by molar-refractivity contribution is 0.115. The van der Waals surface area contributed by atoms with E-state index in [0.717, 1.165) is 26.2 Å².